The maximum atomic E-state index is 11.8. The van der Waals surface area contributed by atoms with Gasteiger partial charge in [-0.2, -0.15) is 0 Å². The van der Waals surface area contributed by atoms with Crippen molar-refractivity contribution in [3.8, 4) is 0 Å². The van der Waals surface area contributed by atoms with Crippen molar-refractivity contribution in [1.82, 2.24) is 9.97 Å². The zero-order valence-electron chi connectivity index (χ0n) is 11.3. The minimum atomic E-state index is -0.971. The molecule has 1 aromatic heterocycles. The number of nitrogens with zero attached hydrogens (tertiary/aromatic N) is 2. The average molecular weight is 296 g/mol. The van der Waals surface area contributed by atoms with Gasteiger partial charge in [-0.05, 0) is 0 Å². The van der Waals surface area contributed by atoms with Crippen molar-refractivity contribution >= 4 is 17.9 Å². The second-order valence-corrected chi connectivity index (χ2v) is 5.00. The maximum absolute atomic E-state index is 11.8. The molecule has 0 amide bonds. The number of aromatic amines is 1. The summed E-state index contributed by atoms with van der Waals surface area (Å²) in [7, 11) is 1.44. The molecule has 0 aliphatic carbocycles. The lowest BCUT2D eigenvalue weighted by molar-refractivity contribution is -0.0247. The third kappa shape index (κ3) is 2.14. The summed E-state index contributed by atoms with van der Waals surface area (Å²) in [5.74, 6) is -0.485. The smallest absolute Gasteiger partial charge is 0.278 e. The predicted octanol–water partition coefficient (Wildman–Crippen LogP) is -1.71. The zero-order chi connectivity index (χ0) is 15.1. The number of methoxy groups -OCH3 is 1. The van der Waals surface area contributed by atoms with Gasteiger partial charge in [0.05, 0.1) is 18.2 Å². The van der Waals surface area contributed by atoms with Gasteiger partial charge < -0.3 is 25.4 Å². The number of ether oxygens (including phenoxy) is 2. The summed E-state index contributed by atoms with van der Waals surface area (Å²) in [5.41, 5.74) is 5.69. The van der Waals surface area contributed by atoms with E-state index in [1.54, 1.807) is 0 Å². The molecule has 9 heteroatoms. The van der Waals surface area contributed by atoms with Gasteiger partial charge in [0.15, 0.2) is 5.69 Å². The minimum absolute atomic E-state index is 0.0135. The number of anilines is 1. The topological polar surface area (TPSA) is 143 Å². The van der Waals surface area contributed by atoms with Crippen LogP contribution in [0, 0.1) is 0 Å². The number of H-pyrrole nitrogens is 1. The van der Waals surface area contributed by atoms with Crippen LogP contribution in [0.4, 0.5) is 11.6 Å². The molecule has 0 radical (unpaired) electrons. The van der Waals surface area contributed by atoms with E-state index in [1.165, 1.54) is 13.3 Å². The van der Waals surface area contributed by atoms with Gasteiger partial charge in [0.2, 0.25) is 5.95 Å². The van der Waals surface area contributed by atoms with E-state index in [-0.39, 0.29) is 18.2 Å². The monoisotopic (exact) mass is 296 g/mol. The van der Waals surface area contributed by atoms with Crippen LogP contribution in [0.1, 0.15) is 11.6 Å². The molecular weight excluding hydrogens is 280 g/mol. The standard InChI is InChI=1S/C12H16N4O5/c1-20-10-8(18)5(3-17)21-9(10)4-2-14-7-6(4)15-12(13)16-11(7)19/h2,4-5,8-10,17-18H,3H2,1H3,(H3,13,15,16,19)/t4?,5-,8-,9+,10-/m1/s1. The van der Waals surface area contributed by atoms with Crippen molar-refractivity contribution in [2.24, 2.45) is 4.99 Å². The second kappa shape index (κ2) is 5.19. The SMILES string of the molecule is CO[C@@H]1[C@H](O)[C@@H](CO)O[C@H]1C1C=Nc2c1nc(N)[nH]c2=O. The van der Waals surface area contributed by atoms with Gasteiger partial charge in [-0.3, -0.25) is 14.8 Å². The third-order valence-electron chi connectivity index (χ3n) is 3.80. The summed E-state index contributed by atoms with van der Waals surface area (Å²) < 4.78 is 10.9. The molecule has 2 aliphatic heterocycles. The highest BCUT2D eigenvalue weighted by atomic mass is 16.6. The number of nitrogen functional groups attached to an aromatic ring is 1. The van der Waals surface area contributed by atoms with E-state index in [2.05, 4.69) is 15.0 Å². The minimum Gasteiger partial charge on any atom is -0.394 e. The molecule has 1 fully saturated rings. The van der Waals surface area contributed by atoms with Gasteiger partial charge >= 0.3 is 0 Å². The van der Waals surface area contributed by atoms with Crippen molar-refractivity contribution in [1.29, 1.82) is 0 Å². The van der Waals surface area contributed by atoms with Crippen LogP contribution in [0.15, 0.2) is 9.79 Å². The molecule has 1 saturated heterocycles. The number of hydrogen-bond acceptors (Lipinski definition) is 8. The summed E-state index contributed by atoms with van der Waals surface area (Å²) in [5, 5.41) is 19.3. The molecule has 5 N–H and O–H groups in total. The fourth-order valence-electron chi connectivity index (χ4n) is 2.80. The molecule has 1 aromatic rings. The van der Waals surface area contributed by atoms with E-state index in [9.17, 15) is 15.0 Å². The molecule has 114 valence electrons. The molecule has 3 rings (SSSR count). The van der Waals surface area contributed by atoms with Gasteiger partial charge in [0, 0.05) is 13.3 Å². The lowest BCUT2D eigenvalue weighted by Gasteiger charge is -2.22. The summed E-state index contributed by atoms with van der Waals surface area (Å²) in [6, 6.07) is 0. The molecule has 9 nitrogen and oxygen atoms in total. The quantitative estimate of drug-likeness (QED) is 0.520. The molecule has 3 heterocycles. The van der Waals surface area contributed by atoms with Crippen molar-refractivity contribution < 1.29 is 19.7 Å². The Morgan fingerprint density at radius 3 is 3.00 bits per heavy atom. The lowest BCUT2D eigenvalue weighted by atomic mass is 9.94. The first-order chi connectivity index (χ1) is 10.1. The van der Waals surface area contributed by atoms with E-state index >= 15 is 0 Å². The normalized spacial score (nSPS) is 34.3. The van der Waals surface area contributed by atoms with Crippen LogP contribution in [0.3, 0.4) is 0 Å². The Kier molecular flexibility index (Phi) is 3.49. The number of fused-ring (bicyclic) bond motifs is 1. The number of aliphatic hydroxyl groups excluding tert-OH is 2. The molecule has 1 unspecified atom stereocenters. The lowest BCUT2D eigenvalue weighted by Crippen LogP contribution is -2.38. The Morgan fingerprint density at radius 2 is 2.33 bits per heavy atom. The van der Waals surface area contributed by atoms with E-state index in [0.29, 0.717) is 5.69 Å². The number of aliphatic imine (C=N–C) groups is 1. The van der Waals surface area contributed by atoms with E-state index < -0.39 is 35.9 Å². The summed E-state index contributed by atoms with van der Waals surface area (Å²) in [6.07, 6.45) is -1.47. The Morgan fingerprint density at radius 1 is 1.57 bits per heavy atom. The summed E-state index contributed by atoms with van der Waals surface area (Å²) >= 11 is 0. The Hall–Kier alpha value is -1.81. The first-order valence-corrected chi connectivity index (χ1v) is 6.48. The fraction of sp³-hybridized carbons (Fsp3) is 0.583. The van der Waals surface area contributed by atoms with Crippen LogP contribution in [0.5, 0.6) is 0 Å². The van der Waals surface area contributed by atoms with Gasteiger partial charge in [-0.15, -0.1) is 0 Å². The molecule has 0 spiro atoms. The summed E-state index contributed by atoms with van der Waals surface area (Å²) in [6.45, 7) is -0.334. The first kappa shape index (κ1) is 14.1. The number of rotatable bonds is 3. The number of nitrogens with one attached hydrogen (secondary N) is 1. The number of hydrogen-bond donors (Lipinski definition) is 4. The van der Waals surface area contributed by atoms with Gasteiger partial charge in [0.25, 0.3) is 5.56 Å². The number of aliphatic hydroxyl groups is 2. The molecule has 21 heavy (non-hydrogen) atoms. The van der Waals surface area contributed by atoms with Crippen molar-refractivity contribution in [2.45, 2.75) is 30.3 Å². The highest BCUT2D eigenvalue weighted by Gasteiger charge is 2.49. The van der Waals surface area contributed by atoms with Gasteiger partial charge in [-0.25, -0.2) is 4.98 Å². The molecule has 2 aliphatic rings. The highest BCUT2D eigenvalue weighted by Crippen LogP contribution is 2.37. The Balaban J connectivity index is 1.97. The molecular formula is C12H16N4O5. The van der Waals surface area contributed by atoms with E-state index in [4.69, 9.17) is 15.2 Å². The highest BCUT2D eigenvalue weighted by molar-refractivity contribution is 5.80. The van der Waals surface area contributed by atoms with Crippen LogP contribution < -0.4 is 11.3 Å². The van der Waals surface area contributed by atoms with E-state index in [0.717, 1.165) is 0 Å². The van der Waals surface area contributed by atoms with Crippen molar-refractivity contribution in [2.75, 3.05) is 19.5 Å². The van der Waals surface area contributed by atoms with Crippen molar-refractivity contribution in [3.05, 3.63) is 16.0 Å². The Labute approximate surface area is 119 Å². The zero-order valence-corrected chi connectivity index (χ0v) is 11.3. The fourth-order valence-corrected chi connectivity index (χ4v) is 2.80. The van der Waals surface area contributed by atoms with Crippen molar-refractivity contribution in [3.63, 3.8) is 0 Å². The van der Waals surface area contributed by atoms with E-state index in [1.807, 2.05) is 0 Å². The maximum Gasteiger partial charge on any atom is 0.278 e. The van der Waals surface area contributed by atoms with Gasteiger partial charge in [-0.1, -0.05) is 0 Å². The van der Waals surface area contributed by atoms with Crippen LogP contribution >= 0.6 is 0 Å². The number of aromatic nitrogens is 2. The van der Waals surface area contributed by atoms with Crippen LogP contribution in [-0.4, -0.2) is 64.5 Å². The number of nitrogens with two attached hydrogens (primary N) is 1. The van der Waals surface area contributed by atoms with Crippen LogP contribution in [0.2, 0.25) is 0 Å². The van der Waals surface area contributed by atoms with Crippen LogP contribution in [0.25, 0.3) is 0 Å². The molecule has 0 saturated carbocycles. The largest absolute Gasteiger partial charge is 0.394 e. The average Bonchev–Trinajstić information content (AvgIpc) is 2.99. The first-order valence-electron chi connectivity index (χ1n) is 6.48. The van der Waals surface area contributed by atoms with Crippen LogP contribution in [-0.2, 0) is 9.47 Å². The molecule has 0 bridgehead atoms. The third-order valence-corrected chi connectivity index (χ3v) is 3.80. The summed E-state index contributed by atoms with van der Waals surface area (Å²) in [4.78, 5) is 22.3. The Bertz CT molecular complexity index is 631. The molecule has 5 atom stereocenters. The van der Waals surface area contributed by atoms with Gasteiger partial charge in [0.1, 0.15) is 24.4 Å². The second-order valence-electron chi connectivity index (χ2n) is 5.00. The predicted molar refractivity (Wildman–Crippen MR) is 72.7 cm³/mol. The molecule has 0 aromatic carbocycles.